The molecule has 45 heavy (non-hydrogen) atoms. The van der Waals surface area contributed by atoms with Crippen molar-refractivity contribution < 1.29 is 26.9 Å². The third kappa shape index (κ3) is 6.02. The van der Waals surface area contributed by atoms with Crippen molar-refractivity contribution >= 4 is 12.6 Å². The van der Waals surface area contributed by atoms with E-state index in [9.17, 15) is 0 Å². The van der Waals surface area contributed by atoms with Gasteiger partial charge in [0.05, 0.1) is 22.2 Å². The van der Waals surface area contributed by atoms with Crippen molar-refractivity contribution in [2.75, 3.05) is 0 Å². The fourth-order valence-electron chi connectivity index (χ4n) is 5.00. The lowest BCUT2D eigenvalue weighted by Gasteiger charge is -2.32. The molecule has 1 aromatic heterocycles. The van der Waals surface area contributed by atoms with Crippen LogP contribution in [-0.2, 0) is 20.1 Å². The Morgan fingerprint density at radius 3 is 1.20 bits per heavy atom. The van der Waals surface area contributed by atoms with E-state index in [1.54, 1.807) is 52.0 Å². The zero-order chi connectivity index (χ0) is 33.3. The molecule has 0 N–H and O–H groups in total. The summed E-state index contributed by atoms with van der Waals surface area (Å²) in [4.78, 5) is 13.3. The standard InChI is InChI=1S/C35H38BF4N3O2/c1-32(2,3)21-15-11-19(12-16-21)29-41-30(20-13-17-22(18-14-20)33(4,5)6)43-31(42-29)23-25(37)27(39)24(28(40)26(23)38)36-44-34(7,8)35(9,10)45-36/h11-18H,1-10H3. The third-order valence-electron chi connectivity index (χ3n) is 8.66. The van der Waals surface area contributed by atoms with E-state index in [1.807, 2.05) is 24.3 Å². The summed E-state index contributed by atoms with van der Waals surface area (Å²) in [6.45, 7) is 19.1. The Balaban J connectivity index is 1.69. The van der Waals surface area contributed by atoms with Crippen LogP contribution in [0.3, 0.4) is 0 Å². The van der Waals surface area contributed by atoms with Gasteiger partial charge in [0, 0.05) is 11.1 Å². The van der Waals surface area contributed by atoms with Gasteiger partial charge in [0.25, 0.3) is 0 Å². The largest absolute Gasteiger partial charge is 0.501 e. The van der Waals surface area contributed by atoms with Gasteiger partial charge in [-0.3, -0.25) is 0 Å². The van der Waals surface area contributed by atoms with E-state index < -0.39 is 58.4 Å². The summed E-state index contributed by atoms with van der Waals surface area (Å²) >= 11 is 0. The maximum Gasteiger partial charge on any atom is 0.501 e. The first-order valence-corrected chi connectivity index (χ1v) is 14.9. The number of hydrogen-bond acceptors (Lipinski definition) is 5. The van der Waals surface area contributed by atoms with Crippen molar-refractivity contribution in [2.24, 2.45) is 0 Å². The predicted octanol–water partition coefficient (Wildman–Crippen LogP) is 8.32. The van der Waals surface area contributed by atoms with E-state index in [-0.39, 0.29) is 22.5 Å². The number of aromatic nitrogens is 3. The van der Waals surface area contributed by atoms with Crippen molar-refractivity contribution in [3.05, 3.63) is 82.9 Å². The van der Waals surface area contributed by atoms with Crippen molar-refractivity contribution in [2.45, 2.75) is 91.3 Å². The van der Waals surface area contributed by atoms with Crippen LogP contribution in [0.2, 0.25) is 0 Å². The lowest BCUT2D eigenvalue weighted by molar-refractivity contribution is 0.00578. The second-order valence-electron chi connectivity index (χ2n) is 14.6. The molecule has 5 rings (SSSR count). The number of rotatable bonds is 4. The van der Waals surface area contributed by atoms with Gasteiger partial charge in [-0.15, -0.1) is 0 Å². The van der Waals surface area contributed by atoms with Gasteiger partial charge >= 0.3 is 7.12 Å². The molecular formula is C35H38BF4N3O2. The molecule has 0 atom stereocenters. The van der Waals surface area contributed by atoms with E-state index in [2.05, 4.69) is 56.5 Å². The molecule has 0 radical (unpaired) electrons. The van der Waals surface area contributed by atoms with Crippen LogP contribution in [0, 0.1) is 23.3 Å². The van der Waals surface area contributed by atoms with Gasteiger partial charge in [-0.2, -0.15) is 0 Å². The van der Waals surface area contributed by atoms with E-state index >= 15 is 17.6 Å². The summed E-state index contributed by atoms with van der Waals surface area (Å²) in [5.41, 5.74) is -1.09. The molecule has 1 fully saturated rings. The quantitative estimate of drug-likeness (QED) is 0.131. The van der Waals surface area contributed by atoms with E-state index in [0.29, 0.717) is 11.1 Å². The first kappa shape index (κ1) is 32.8. The first-order chi connectivity index (χ1) is 20.7. The van der Waals surface area contributed by atoms with Crippen molar-refractivity contribution in [3.8, 4) is 34.2 Å². The molecule has 2 heterocycles. The highest BCUT2D eigenvalue weighted by Crippen LogP contribution is 2.38. The first-order valence-electron chi connectivity index (χ1n) is 14.9. The van der Waals surface area contributed by atoms with Crippen LogP contribution in [0.1, 0.15) is 80.4 Å². The summed E-state index contributed by atoms with van der Waals surface area (Å²) in [5.74, 6) is -6.98. The van der Waals surface area contributed by atoms with Gasteiger partial charge in [-0.1, -0.05) is 90.1 Å². The molecule has 236 valence electrons. The van der Waals surface area contributed by atoms with Crippen LogP contribution in [0.5, 0.6) is 0 Å². The molecule has 4 aromatic rings. The number of hydrogen-bond donors (Lipinski definition) is 0. The second-order valence-corrected chi connectivity index (χ2v) is 14.6. The summed E-state index contributed by atoms with van der Waals surface area (Å²) in [6, 6.07) is 14.8. The maximum absolute atomic E-state index is 15.9. The average Bonchev–Trinajstić information content (AvgIpc) is 3.17. The van der Waals surface area contributed by atoms with Crippen LogP contribution < -0.4 is 5.46 Å². The normalized spacial score (nSPS) is 16.4. The zero-order valence-electron chi connectivity index (χ0n) is 27.4. The van der Waals surface area contributed by atoms with Crippen molar-refractivity contribution in [3.63, 3.8) is 0 Å². The van der Waals surface area contributed by atoms with E-state index in [0.717, 1.165) is 11.1 Å². The molecule has 0 bridgehead atoms. The van der Waals surface area contributed by atoms with Crippen molar-refractivity contribution in [1.82, 2.24) is 15.0 Å². The number of benzene rings is 3. The SMILES string of the molecule is CC(C)(C)c1ccc(-c2nc(-c3ccc(C(C)(C)C)cc3)nc(-c3c(F)c(F)c(B4OC(C)(C)C(C)(C)O4)c(F)c3F)n2)cc1. The minimum Gasteiger partial charge on any atom is -0.399 e. The molecule has 0 saturated carbocycles. The van der Waals surface area contributed by atoms with Crippen LogP contribution in [0.25, 0.3) is 34.2 Å². The van der Waals surface area contributed by atoms with Crippen LogP contribution in [0.15, 0.2) is 48.5 Å². The average molecular weight is 620 g/mol. The molecule has 0 aliphatic carbocycles. The molecule has 0 amide bonds. The molecule has 3 aromatic carbocycles. The monoisotopic (exact) mass is 619 g/mol. The van der Waals surface area contributed by atoms with Crippen LogP contribution >= 0.6 is 0 Å². The third-order valence-corrected chi connectivity index (χ3v) is 8.66. The number of halogens is 4. The summed E-state index contributed by atoms with van der Waals surface area (Å²) in [7, 11) is -1.67. The Morgan fingerprint density at radius 2 is 0.867 bits per heavy atom. The van der Waals surface area contributed by atoms with Crippen LogP contribution in [-0.4, -0.2) is 33.3 Å². The lowest BCUT2D eigenvalue weighted by atomic mass is 9.77. The molecule has 5 nitrogen and oxygen atoms in total. The van der Waals surface area contributed by atoms with E-state index in [1.165, 1.54) is 0 Å². The highest BCUT2D eigenvalue weighted by molar-refractivity contribution is 6.62. The second kappa shape index (κ2) is 11.0. The van der Waals surface area contributed by atoms with Gasteiger partial charge in [-0.05, 0) is 49.7 Å². The number of nitrogens with zero attached hydrogens (tertiary/aromatic N) is 3. The van der Waals surface area contributed by atoms with E-state index in [4.69, 9.17) is 9.31 Å². The highest BCUT2D eigenvalue weighted by Gasteiger charge is 2.54. The highest BCUT2D eigenvalue weighted by atomic mass is 19.2. The van der Waals surface area contributed by atoms with Crippen molar-refractivity contribution in [1.29, 1.82) is 0 Å². The molecule has 0 unspecified atom stereocenters. The molecule has 1 aliphatic rings. The molecule has 0 spiro atoms. The summed E-state index contributed by atoms with van der Waals surface area (Å²) < 4.78 is 74.5. The Morgan fingerprint density at radius 1 is 0.533 bits per heavy atom. The molecule has 10 heteroatoms. The predicted molar refractivity (Wildman–Crippen MR) is 169 cm³/mol. The zero-order valence-corrected chi connectivity index (χ0v) is 27.4. The summed E-state index contributed by atoms with van der Waals surface area (Å²) in [5, 5.41) is 0. The topological polar surface area (TPSA) is 57.1 Å². The fourth-order valence-corrected chi connectivity index (χ4v) is 5.00. The Bertz CT molecular complexity index is 1640. The van der Waals surface area contributed by atoms with Gasteiger partial charge in [0.1, 0.15) is 0 Å². The Labute approximate surface area is 262 Å². The van der Waals surface area contributed by atoms with Gasteiger partial charge in [-0.25, -0.2) is 32.5 Å². The van der Waals surface area contributed by atoms with Gasteiger partial charge in [0.2, 0.25) is 0 Å². The fraction of sp³-hybridized carbons (Fsp3) is 0.400. The van der Waals surface area contributed by atoms with Crippen LogP contribution in [0.4, 0.5) is 17.6 Å². The smallest absolute Gasteiger partial charge is 0.399 e. The Hall–Kier alpha value is -3.63. The molecular weight excluding hydrogens is 581 g/mol. The minimum atomic E-state index is -1.67. The summed E-state index contributed by atoms with van der Waals surface area (Å²) in [6.07, 6.45) is 0. The minimum absolute atomic E-state index is 0.0880. The Kier molecular flexibility index (Phi) is 8.02. The van der Waals surface area contributed by atoms with Gasteiger partial charge in [0.15, 0.2) is 40.7 Å². The molecule has 1 saturated heterocycles. The lowest BCUT2D eigenvalue weighted by Crippen LogP contribution is -2.41. The van der Waals surface area contributed by atoms with Gasteiger partial charge < -0.3 is 9.31 Å². The molecule has 1 aliphatic heterocycles. The maximum atomic E-state index is 15.9.